The fourth-order valence-corrected chi connectivity index (χ4v) is 0.719. The predicted octanol–water partition coefficient (Wildman–Crippen LogP) is 2.90. The second-order valence-corrected chi connectivity index (χ2v) is 2.36. The number of rotatable bonds is 1. The minimum atomic E-state index is -3.96. The lowest BCUT2D eigenvalue weighted by Crippen LogP contribution is -2.06. The van der Waals surface area contributed by atoms with Gasteiger partial charge in [0.15, 0.2) is 0 Å². The molecule has 0 unspecified atom stereocenters. The molecular weight excluding hydrogens is 258 g/mol. The van der Waals surface area contributed by atoms with E-state index in [0.29, 0.717) is 0 Å². The van der Waals surface area contributed by atoms with Crippen LogP contribution in [0.2, 0.25) is 0 Å². The molecule has 0 amide bonds. The monoisotopic (exact) mass is 265 g/mol. The Hall–Kier alpha value is 0.01000. The quantitative estimate of drug-likeness (QED) is 0.528. The van der Waals surface area contributed by atoms with Crippen LogP contribution in [-0.4, -0.2) is 10.6 Å². The van der Waals surface area contributed by atoms with Gasteiger partial charge in [-0.1, -0.05) is 22.6 Å². The fourth-order valence-electron chi connectivity index (χ4n) is 0.107. The summed E-state index contributed by atoms with van der Waals surface area (Å²) in [5.41, 5.74) is 0. The maximum absolute atomic E-state index is 11.1. The molecule has 5 heteroatoms. The van der Waals surface area contributed by atoms with Crippen LogP contribution in [0.25, 0.3) is 0 Å². The van der Waals surface area contributed by atoms with E-state index in [2.05, 4.69) is 0 Å². The van der Waals surface area contributed by atoms with E-state index >= 15 is 0 Å². The molecule has 0 radical (unpaired) electrons. The largest absolute Gasteiger partial charge is 0.389 e. The minimum Gasteiger partial charge on any atom is -0.199 e. The van der Waals surface area contributed by atoms with Crippen LogP contribution in [-0.2, 0) is 0 Å². The van der Waals surface area contributed by atoms with Gasteiger partial charge in [0.05, 0.1) is 12.5 Å². The molecule has 0 aliphatic carbocycles. The summed E-state index contributed by atoms with van der Waals surface area (Å²) in [7, 11) is 0. The second-order valence-electron chi connectivity index (χ2n) is 1.28. The Labute approximate surface area is 71.4 Å². The Morgan fingerprint density at radius 2 is 1.80 bits per heavy atom. The molecule has 0 aliphatic heterocycles. The fraction of sp³-hybridized carbons (Fsp3) is 0.800. The molecule has 1 nitrogen and oxygen atoms in total. The van der Waals surface area contributed by atoms with E-state index in [9.17, 15) is 13.2 Å². The van der Waals surface area contributed by atoms with E-state index in [4.69, 9.17) is 5.26 Å². The predicted molar refractivity (Wildman–Crippen MR) is 40.8 cm³/mol. The van der Waals surface area contributed by atoms with Crippen molar-refractivity contribution in [1.29, 1.82) is 5.26 Å². The first-order chi connectivity index (χ1) is 4.47. The van der Waals surface area contributed by atoms with E-state index in [1.165, 1.54) is 6.92 Å². The number of alkyl halides is 4. The molecule has 0 N–H and O–H groups in total. The zero-order valence-corrected chi connectivity index (χ0v) is 7.53. The molecule has 0 fully saturated rings. The van der Waals surface area contributed by atoms with E-state index in [1.54, 1.807) is 28.7 Å². The van der Waals surface area contributed by atoms with Crippen molar-refractivity contribution < 1.29 is 13.2 Å². The van der Waals surface area contributed by atoms with Crippen molar-refractivity contribution in [3.8, 4) is 6.07 Å². The van der Waals surface area contributed by atoms with Gasteiger partial charge in [0.25, 0.3) is 0 Å². The minimum absolute atomic E-state index is 0.154. The first-order valence-corrected chi connectivity index (χ1v) is 3.94. The maximum atomic E-state index is 11.1. The molecule has 10 heavy (non-hydrogen) atoms. The Balaban J connectivity index is 0. The Bertz CT molecular complexity index is 104. The van der Waals surface area contributed by atoms with Crippen molar-refractivity contribution in [3.63, 3.8) is 0 Å². The second kappa shape index (κ2) is 7.12. The first kappa shape index (κ1) is 12.7. The van der Waals surface area contributed by atoms with Crippen molar-refractivity contribution in [1.82, 2.24) is 0 Å². The molecule has 0 saturated heterocycles. The molecule has 0 bridgehead atoms. The van der Waals surface area contributed by atoms with E-state index in [-0.39, 0.29) is 4.43 Å². The Morgan fingerprint density at radius 3 is 1.80 bits per heavy atom. The van der Waals surface area contributed by atoms with Crippen molar-refractivity contribution in [2.45, 2.75) is 19.5 Å². The number of hydrogen-bond donors (Lipinski definition) is 0. The summed E-state index contributed by atoms with van der Waals surface area (Å²) in [6.07, 6.45) is -4.63. The highest BCUT2D eigenvalue weighted by molar-refractivity contribution is 14.1. The first-order valence-electron chi connectivity index (χ1n) is 2.41. The number of nitriles is 1. The molecule has 0 rings (SSSR count). The van der Waals surface area contributed by atoms with Gasteiger partial charge >= 0.3 is 6.18 Å². The normalized spacial score (nSPS) is 9.20. The Kier molecular flexibility index (Phi) is 9.02. The third kappa shape index (κ3) is 24.5. The van der Waals surface area contributed by atoms with Crippen molar-refractivity contribution in [2.24, 2.45) is 0 Å². The van der Waals surface area contributed by atoms with Gasteiger partial charge in [-0.2, -0.15) is 18.4 Å². The lowest BCUT2D eigenvalue weighted by atomic mass is 10.5. The van der Waals surface area contributed by atoms with E-state index in [1.807, 2.05) is 0 Å². The van der Waals surface area contributed by atoms with Gasteiger partial charge in [0.2, 0.25) is 0 Å². The molecule has 0 aromatic rings. The van der Waals surface area contributed by atoms with Crippen LogP contribution in [0.5, 0.6) is 0 Å². The molecule has 0 aromatic carbocycles. The lowest BCUT2D eigenvalue weighted by Gasteiger charge is -1.99. The van der Waals surface area contributed by atoms with Gasteiger partial charge in [-0.25, -0.2) is 0 Å². The molecule has 0 saturated carbocycles. The summed E-state index contributed by atoms with van der Waals surface area (Å²) in [4.78, 5) is 0. The summed E-state index contributed by atoms with van der Waals surface area (Å²) in [5.74, 6) is 0. The third-order valence-corrected chi connectivity index (χ3v) is 0.917. The van der Waals surface area contributed by atoms with Gasteiger partial charge in [-0.15, -0.1) is 0 Å². The molecule has 0 spiro atoms. The molecule has 60 valence electrons. The number of hydrogen-bond acceptors (Lipinski definition) is 1. The average Bonchev–Trinajstić information content (AvgIpc) is 1.63. The van der Waals surface area contributed by atoms with Crippen molar-refractivity contribution >= 4 is 22.6 Å². The van der Waals surface area contributed by atoms with Crippen LogP contribution in [0.3, 0.4) is 0 Å². The zero-order valence-electron chi connectivity index (χ0n) is 5.37. The number of halogens is 4. The van der Waals surface area contributed by atoms with Crippen LogP contribution in [0.15, 0.2) is 0 Å². The van der Waals surface area contributed by atoms with Crippen LogP contribution < -0.4 is 0 Å². The molecular formula is C5H7F3IN. The van der Waals surface area contributed by atoms with Gasteiger partial charge < -0.3 is 0 Å². The Morgan fingerprint density at radius 1 is 1.50 bits per heavy atom. The smallest absolute Gasteiger partial charge is 0.199 e. The molecule has 0 aromatic heterocycles. The third-order valence-electron chi connectivity index (χ3n) is 0.378. The standard InChI is InChI=1S/C3H4F3I.C2H3N/c4-3(5,6)1-2-7;1-2-3/h1-2H2;1H3. The summed E-state index contributed by atoms with van der Waals surface area (Å²) in [5, 5.41) is 7.32. The summed E-state index contributed by atoms with van der Waals surface area (Å²) in [6, 6.07) is 1.75. The SMILES string of the molecule is CC#N.FC(F)(F)CCI. The molecule has 0 heterocycles. The van der Waals surface area contributed by atoms with Crippen molar-refractivity contribution in [2.75, 3.05) is 4.43 Å². The summed E-state index contributed by atoms with van der Waals surface area (Å²) >= 11 is 1.69. The molecule has 0 atom stereocenters. The maximum Gasteiger partial charge on any atom is 0.389 e. The highest BCUT2D eigenvalue weighted by atomic mass is 127. The zero-order chi connectivity index (χ0) is 8.62. The van der Waals surface area contributed by atoms with Crippen molar-refractivity contribution in [3.05, 3.63) is 0 Å². The van der Waals surface area contributed by atoms with Gasteiger partial charge in [0.1, 0.15) is 0 Å². The average molecular weight is 265 g/mol. The molecule has 0 aliphatic rings. The van der Waals surface area contributed by atoms with Gasteiger partial charge in [-0.05, 0) is 0 Å². The topological polar surface area (TPSA) is 23.8 Å². The van der Waals surface area contributed by atoms with Crippen LogP contribution in [0.1, 0.15) is 13.3 Å². The van der Waals surface area contributed by atoms with Crippen LogP contribution in [0.4, 0.5) is 13.2 Å². The highest BCUT2D eigenvalue weighted by Crippen LogP contribution is 2.19. The van der Waals surface area contributed by atoms with Gasteiger partial charge in [-0.3, -0.25) is 0 Å². The van der Waals surface area contributed by atoms with Gasteiger partial charge in [0, 0.05) is 11.4 Å². The summed E-state index contributed by atoms with van der Waals surface area (Å²) < 4.78 is 33.3. The van der Waals surface area contributed by atoms with E-state index in [0.717, 1.165) is 0 Å². The number of nitrogens with zero attached hydrogens (tertiary/aromatic N) is 1. The van der Waals surface area contributed by atoms with Crippen LogP contribution >= 0.6 is 22.6 Å². The lowest BCUT2D eigenvalue weighted by molar-refractivity contribution is -0.129. The summed E-state index contributed by atoms with van der Waals surface area (Å²) in [6.45, 7) is 1.43. The van der Waals surface area contributed by atoms with Crippen LogP contribution in [0, 0.1) is 11.3 Å². The van der Waals surface area contributed by atoms with E-state index < -0.39 is 12.6 Å². The highest BCUT2D eigenvalue weighted by Gasteiger charge is 2.25.